The van der Waals surface area contributed by atoms with E-state index in [1.807, 2.05) is 12.1 Å². The minimum atomic E-state index is 0.625. The Kier molecular flexibility index (Phi) is 2.53. The first-order chi connectivity index (χ1) is 6.36. The highest BCUT2D eigenvalue weighted by atomic mass is 14.5. The molecule has 0 atom stereocenters. The maximum atomic E-state index is 7.41. The Morgan fingerprint density at radius 3 is 2.15 bits per heavy atom. The van der Waals surface area contributed by atoms with Gasteiger partial charge >= 0.3 is 0 Å². The quantitative estimate of drug-likeness (QED) is 0.602. The van der Waals surface area contributed by atoms with E-state index in [0.717, 1.165) is 5.92 Å². The minimum Gasteiger partial charge on any atom is -0.699 e. The van der Waals surface area contributed by atoms with Gasteiger partial charge < -0.3 is 5.73 Å². The second-order valence-electron chi connectivity index (χ2n) is 3.96. The normalized spacial score (nSPS) is 18.8. The highest BCUT2D eigenvalue weighted by Crippen LogP contribution is 2.32. The van der Waals surface area contributed by atoms with Crippen LogP contribution >= 0.6 is 0 Å². The zero-order valence-electron chi connectivity index (χ0n) is 7.92. The monoisotopic (exact) mass is 174 g/mol. The lowest BCUT2D eigenvalue weighted by molar-refractivity contribution is 0.443. The van der Waals surface area contributed by atoms with Gasteiger partial charge in [-0.05, 0) is 24.3 Å². The summed E-state index contributed by atoms with van der Waals surface area (Å²) in [6.45, 7) is 0. The van der Waals surface area contributed by atoms with E-state index in [1.54, 1.807) is 0 Å². The molecule has 1 N–H and O–H groups in total. The molecule has 1 heteroatoms. The van der Waals surface area contributed by atoms with Crippen LogP contribution in [-0.2, 0) is 0 Å². The zero-order chi connectivity index (χ0) is 9.10. The molecule has 0 amide bonds. The Labute approximate surface area is 80.0 Å². The maximum absolute atomic E-state index is 7.41. The van der Waals surface area contributed by atoms with Gasteiger partial charge in [0.15, 0.2) is 0 Å². The smallest absolute Gasteiger partial charge is 0.0162 e. The molecule has 0 unspecified atom stereocenters. The fraction of sp³-hybridized carbons (Fsp3) is 0.500. The zero-order valence-corrected chi connectivity index (χ0v) is 7.92. The van der Waals surface area contributed by atoms with Gasteiger partial charge in [-0.25, -0.2) is 0 Å². The lowest BCUT2D eigenvalue weighted by atomic mass is 9.84. The molecule has 1 aliphatic rings. The summed E-state index contributed by atoms with van der Waals surface area (Å²) in [5.74, 6) is 0.773. The lowest BCUT2D eigenvalue weighted by Gasteiger charge is -2.22. The van der Waals surface area contributed by atoms with Crippen molar-refractivity contribution in [3.05, 3.63) is 35.6 Å². The minimum absolute atomic E-state index is 0.625. The number of nitrogens with one attached hydrogen (secondary N) is 1. The van der Waals surface area contributed by atoms with Crippen LogP contribution in [0.5, 0.6) is 0 Å². The Bertz CT molecular complexity index is 257. The van der Waals surface area contributed by atoms with E-state index in [1.165, 1.54) is 37.7 Å². The van der Waals surface area contributed by atoms with Crippen molar-refractivity contribution in [1.82, 2.24) is 0 Å². The Hall–Kier alpha value is -0.980. The fourth-order valence-corrected chi connectivity index (χ4v) is 2.19. The molecule has 70 valence electrons. The molecule has 2 rings (SSSR count). The predicted octanol–water partition coefficient (Wildman–Crippen LogP) is 4.42. The van der Waals surface area contributed by atoms with Crippen LogP contribution in [0.4, 0.5) is 5.69 Å². The van der Waals surface area contributed by atoms with Gasteiger partial charge in [-0.3, -0.25) is 0 Å². The summed E-state index contributed by atoms with van der Waals surface area (Å²) in [5.41, 5.74) is 9.47. The van der Waals surface area contributed by atoms with Gasteiger partial charge in [0.25, 0.3) is 0 Å². The van der Waals surface area contributed by atoms with Gasteiger partial charge in [-0.15, -0.1) is 5.69 Å². The number of hydrogen-bond donors (Lipinski definition) is 0. The van der Waals surface area contributed by atoms with E-state index < -0.39 is 0 Å². The first-order valence-electron chi connectivity index (χ1n) is 5.18. The van der Waals surface area contributed by atoms with Crippen LogP contribution in [-0.4, -0.2) is 0 Å². The summed E-state index contributed by atoms with van der Waals surface area (Å²) in [7, 11) is 0. The molecule has 0 aliphatic heterocycles. The highest BCUT2D eigenvalue weighted by Gasteiger charge is 2.14. The molecule has 1 saturated carbocycles. The molecule has 13 heavy (non-hydrogen) atoms. The molecular weight excluding hydrogens is 158 g/mol. The lowest BCUT2D eigenvalue weighted by Crippen LogP contribution is -2.03. The predicted molar refractivity (Wildman–Crippen MR) is 56.2 cm³/mol. The summed E-state index contributed by atoms with van der Waals surface area (Å²) >= 11 is 0. The van der Waals surface area contributed by atoms with Crippen molar-refractivity contribution >= 4 is 5.69 Å². The molecule has 1 nitrogen and oxygen atoms in total. The molecule has 1 aliphatic carbocycles. The second-order valence-corrected chi connectivity index (χ2v) is 3.96. The van der Waals surface area contributed by atoms with E-state index in [-0.39, 0.29) is 0 Å². The molecule has 1 aromatic rings. The number of benzene rings is 1. The Morgan fingerprint density at radius 1 is 0.923 bits per heavy atom. The van der Waals surface area contributed by atoms with Crippen molar-refractivity contribution in [3.63, 3.8) is 0 Å². The molecule has 0 aromatic heterocycles. The third-order valence-electron chi connectivity index (χ3n) is 2.99. The van der Waals surface area contributed by atoms with E-state index in [2.05, 4.69) is 12.1 Å². The summed E-state index contributed by atoms with van der Waals surface area (Å²) in [6, 6.07) is 8.06. The molecule has 1 fully saturated rings. The van der Waals surface area contributed by atoms with Crippen molar-refractivity contribution < 1.29 is 0 Å². The fourth-order valence-electron chi connectivity index (χ4n) is 2.19. The second kappa shape index (κ2) is 3.82. The average molecular weight is 174 g/mol. The van der Waals surface area contributed by atoms with Crippen LogP contribution < -0.4 is 0 Å². The highest BCUT2D eigenvalue weighted by molar-refractivity contribution is 5.44. The van der Waals surface area contributed by atoms with Crippen LogP contribution in [0.3, 0.4) is 0 Å². The van der Waals surface area contributed by atoms with E-state index >= 15 is 0 Å². The van der Waals surface area contributed by atoms with Gasteiger partial charge in [0.1, 0.15) is 0 Å². The number of rotatable bonds is 1. The number of hydrogen-bond acceptors (Lipinski definition) is 0. The van der Waals surface area contributed by atoms with Gasteiger partial charge in [-0.1, -0.05) is 43.5 Å². The third kappa shape index (κ3) is 2.03. The van der Waals surface area contributed by atoms with Crippen LogP contribution in [0.2, 0.25) is 0 Å². The van der Waals surface area contributed by atoms with Crippen molar-refractivity contribution in [2.75, 3.05) is 0 Å². The molecule has 0 radical (unpaired) electrons. The largest absolute Gasteiger partial charge is 0.699 e. The van der Waals surface area contributed by atoms with Crippen LogP contribution in [0.15, 0.2) is 24.3 Å². The van der Waals surface area contributed by atoms with Crippen molar-refractivity contribution in [1.29, 1.82) is 0 Å². The van der Waals surface area contributed by atoms with E-state index in [4.69, 9.17) is 5.73 Å². The van der Waals surface area contributed by atoms with Crippen LogP contribution in [0, 0.1) is 0 Å². The van der Waals surface area contributed by atoms with Crippen molar-refractivity contribution in [2.24, 2.45) is 0 Å². The van der Waals surface area contributed by atoms with Gasteiger partial charge in [-0.2, -0.15) is 0 Å². The van der Waals surface area contributed by atoms with Gasteiger partial charge in [0.2, 0.25) is 0 Å². The molecule has 0 saturated heterocycles. The summed E-state index contributed by atoms with van der Waals surface area (Å²) in [5, 5.41) is 0. The van der Waals surface area contributed by atoms with E-state index in [0.29, 0.717) is 5.69 Å². The molecule has 0 heterocycles. The standard InChI is InChI=1S/C12H16N/c13-12-8-6-11(7-9-12)10-4-2-1-3-5-10/h6-10,13H,1-5H2/q-1. The van der Waals surface area contributed by atoms with E-state index in [9.17, 15) is 0 Å². The molecular formula is C12H16N-. The third-order valence-corrected chi connectivity index (χ3v) is 2.99. The maximum Gasteiger partial charge on any atom is -0.0162 e. The Morgan fingerprint density at radius 2 is 1.54 bits per heavy atom. The van der Waals surface area contributed by atoms with Crippen LogP contribution in [0.1, 0.15) is 43.6 Å². The summed E-state index contributed by atoms with van der Waals surface area (Å²) in [4.78, 5) is 0. The Balaban J connectivity index is 2.10. The summed E-state index contributed by atoms with van der Waals surface area (Å²) < 4.78 is 0. The van der Waals surface area contributed by atoms with Crippen molar-refractivity contribution in [2.45, 2.75) is 38.0 Å². The van der Waals surface area contributed by atoms with Crippen molar-refractivity contribution in [3.8, 4) is 0 Å². The van der Waals surface area contributed by atoms with Crippen LogP contribution in [0.25, 0.3) is 5.73 Å². The van der Waals surface area contributed by atoms with Gasteiger partial charge in [0, 0.05) is 0 Å². The summed E-state index contributed by atoms with van der Waals surface area (Å²) in [6.07, 6.45) is 6.86. The SMILES string of the molecule is [NH-]c1ccc(C2CCCCC2)cc1. The topological polar surface area (TPSA) is 23.8 Å². The van der Waals surface area contributed by atoms with Gasteiger partial charge in [0.05, 0.1) is 0 Å². The molecule has 0 spiro atoms. The first kappa shape index (κ1) is 8.61. The molecule has 1 aromatic carbocycles. The molecule has 0 bridgehead atoms. The average Bonchev–Trinajstić information content (AvgIpc) is 2.20. The first-order valence-corrected chi connectivity index (χ1v) is 5.18.